The van der Waals surface area contributed by atoms with Gasteiger partial charge in [-0.15, -0.1) is 0 Å². The summed E-state index contributed by atoms with van der Waals surface area (Å²) in [6.45, 7) is 8.49. The Hall–Kier alpha value is -0.220. The summed E-state index contributed by atoms with van der Waals surface area (Å²) in [5.41, 5.74) is 0. The van der Waals surface area contributed by atoms with Gasteiger partial charge in [0.25, 0.3) is 0 Å². The molecule has 1 aliphatic heterocycles. The van der Waals surface area contributed by atoms with E-state index in [9.17, 15) is 4.79 Å². The molecule has 4 unspecified atom stereocenters. The van der Waals surface area contributed by atoms with Gasteiger partial charge in [-0.3, -0.25) is 10.1 Å². The third kappa shape index (κ3) is 2.72. The fourth-order valence-corrected chi connectivity index (χ4v) is 2.97. The Balaban J connectivity index is 2.70. The predicted octanol–water partition coefficient (Wildman–Crippen LogP) is 1.93. The van der Waals surface area contributed by atoms with E-state index in [0.717, 1.165) is 12.2 Å². The lowest BCUT2D eigenvalue weighted by Crippen LogP contribution is -2.42. The van der Waals surface area contributed by atoms with Crippen LogP contribution in [0.3, 0.4) is 0 Å². The van der Waals surface area contributed by atoms with Crippen LogP contribution in [0.5, 0.6) is 0 Å². The van der Waals surface area contributed by atoms with E-state index in [1.807, 2.05) is 4.90 Å². The van der Waals surface area contributed by atoms with Crippen molar-refractivity contribution in [3.8, 4) is 0 Å². The van der Waals surface area contributed by atoms with Gasteiger partial charge in [-0.25, -0.2) is 0 Å². The Morgan fingerprint density at radius 3 is 2.62 bits per heavy atom. The molecule has 0 saturated carbocycles. The predicted molar refractivity (Wildman–Crippen MR) is 70.5 cm³/mol. The Labute approximate surface area is 103 Å². The van der Waals surface area contributed by atoms with Crippen LogP contribution in [0, 0.1) is 5.92 Å². The molecule has 3 nitrogen and oxygen atoms in total. The van der Waals surface area contributed by atoms with Crippen molar-refractivity contribution in [1.82, 2.24) is 10.2 Å². The van der Waals surface area contributed by atoms with E-state index in [1.165, 1.54) is 0 Å². The monoisotopic (exact) mass is 244 g/mol. The van der Waals surface area contributed by atoms with Gasteiger partial charge in [-0.05, 0) is 26.0 Å². The first-order chi connectivity index (χ1) is 7.52. The highest BCUT2D eigenvalue weighted by atomic mass is 32.2. The maximum atomic E-state index is 12.3. The Morgan fingerprint density at radius 2 is 2.12 bits per heavy atom. The molecule has 1 rings (SSSR count). The minimum Gasteiger partial charge on any atom is -0.323 e. The highest BCUT2D eigenvalue weighted by Gasteiger charge is 2.40. The van der Waals surface area contributed by atoms with Crippen LogP contribution in [0.1, 0.15) is 34.1 Å². The molecule has 0 aliphatic carbocycles. The molecule has 0 aromatic carbocycles. The number of rotatable bonds is 5. The molecule has 0 aromatic rings. The second-order valence-electron chi connectivity index (χ2n) is 4.76. The number of amides is 1. The SMILES string of the molecule is CCC(C)C1NC(C)N(C(C)CSC)C1=O. The summed E-state index contributed by atoms with van der Waals surface area (Å²) in [4.78, 5) is 14.3. The summed E-state index contributed by atoms with van der Waals surface area (Å²) in [6.07, 6.45) is 3.30. The van der Waals surface area contributed by atoms with Gasteiger partial charge in [0.1, 0.15) is 0 Å². The molecule has 16 heavy (non-hydrogen) atoms. The van der Waals surface area contributed by atoms with Crippen LogP contribution in [0.15, 0.2) is 0 Å². The minimum atomic E-state index is 0.0179. The molecular weight excluding hydrogens is 220 g/mol. The van der Waals surface area contributed by atoms with E-state index in [1.54, 1.807) is 11.8 Å². The molecule has 1 fully saturated rings. The number of thioether (sulfide) groups is 1. The van der Waals surface area contributed by atoms with Crippen LogP contribution >= 0.6 is 11.8 Å². The molecule has 4 heteroatoms. The van der Waals surface area contributed by atoms with Gasteiger partial charge >= 0.3 is 0 Å². The topological polar surface area (TPSA) is 32.3 Å². The molecule has 1 saturated heterocycles. The maximum Gasteiger partial charge on any atom is 0.241 e. The normalized spacial score (nSPS) is 29.6. The van der Waals surface area contributed by atoms with Crippen molar-refractivity contribution in [1.29, 1.82) is 0 Å². The van der Waals surface area contributed by atoms with E-state index >= 15 is 0 Å². The van der Waals surface area contributed by atoms with Gasteiger partial charge in [-0.1, -0.05) is 20.3 Å². The first-order valence-corrected chi connectivity index (χ1v) is 7.49. The summed E-state index contributed by atoms with van der Waals surface area (Å²) in [5.74, 6) is 1.70. The zero-order valence-electron chi connectivity index (χ0n) is 11.0. The highest BCUT2D eigenvalue weighted by molar-refractivity contribution is 7.98. The second kappa shape index (κ2) is 5.92. The third-order valence-corrected chi connectivity index (χ3v) is 4.27. The second-order valence-corrected chi connectivity index (χ2v) is 5.67. The molecule has 1 N–H and O–H groups in total. The minimum absolute atomic E-state index is 0.0179. The van der Waals surface area contributed by atoms with Crippen molar-refractivity contribution in [2.75, 3.05) is 12.0 Å². The molecule has 0 aromatic heterocycles. The van der Waals surface area contributed by atoms with E-state index in [-0.39, 0.29) is 18.1 Å². The van der Waals surface area contributed by atoms with Gasteiger partial charge in [0.05, 0.1) is 12.2 Å². The van der Waals surface area contributed by atoms with Gasteiger partial charge in [0.2, 0.25) is 5.91 Å². The quantitative estimate of drug-likeness (QED) is 0.802. The van der Waals surface area contributed by atoms with Crippen LogP contribution in [-0.2, 0) is 4.79 Å². The molecule has 1 aliphatic rings. The van der Waals surface area contributed by atoms with Gasteiger partial charge in [0, 0.05) is 11.8 Å². The molecule has 0 radical (unpaired) electrons. The number of nitrogens with zero attached hydrogens (tertiary/aromatic N) is 1. The number of hydrogen-bond acceptors (Lipinski definition) is 3. The number of carbonyl (C=O) groups is 1. The average Bonchev–Trinajstić information content (AvgIpc) is 2.53. The van der Waals surface area contributed by atoms with Crippen molar-refractivity contribution < 1.29 is 4.79 Å². The molecule has 1 heterocycles. The van der Waals surface area contributed by atoms with Crippen molar-refractivity contribution in [2.45, 2.75) is 52.4 Å². The van der Waals surface area contributed by atoms with Crippen LogP contribution in [-0.4, -0.2) is 41.1 Å². The van der Waals surface area contributed by atoms with Crippen LogP contribution in [0.25, 0.3) is 0 Å². The summed E-state index contributed by atoms with van der Waals surface area (Å²) in [7, 11) is 0. The lowest BCUT2D eigenvalue weighted by atomic mass is 9.99. The van der Waals surface area contributed by atoms with Gasteiger partial charge < -0.3 is 4.90 Å². The van der Waals surface area contributed by atoms with Crippen molar-refractivity contribution >= 4 is 17.7 Å². The Kier molecular flexibility index (Phi) is 5.12. The lowest BCUT2D eigenvalue weighted by molar-refractivity contribution is -0.132. The molecule has 4 atom stereocenters. The van der Waals surface area contributed by atoms with Crippen molar-refractivity contribution in [2.24, 2.45) is 5.92 Å². The van der Waals surface area contributed by atoms with E-state index in [2.05, 4.69) is 39.3 Å². The average molecular weight is 244 g/mol. The van der Waals surface area contributed by atoms with Crippen LogP contribution in [0.4, 0.5) is 0 Å². The summed E-state index contributed by atoms with van der Waals surface area (Å²) in [6, 6.07) is 0.336. The molecule has 0 spiro atoms. The lowest BCUT2D eigenvalue weighted by Gasteiger charge is -2.27. The van der Waals surface area contributed by atoms with Gasteiger partial charge in [0.15, 0.2) is 0 Å². The van der Waals surface area contributed by atoms with E-state index in [0.29, 0.717) is 12.0 Å². The standard InChI is InChI=1S/C12H24N2OS/c1-6-8(2)11-12(15)14(10(4)13-11)9(3)7-16-5/h8-11,13H,6-7H2,1-5H3. The van der Waals surface area contributed by atoms with Gasteiger partial charge in [-0.2, -0.15) is 11.8 Å². The summed E-state index contributed by atoms with van der Waals surface area (Å²) in [5, 5.41) is 3.41. The zero-order chi connectivity index (χ0) is 12.3. The maximum absolute atomic E-state index is 12.3. The van der Waals surface area contributed by atoms with Crippen LogP contribution < -0.4 is 5.32 Å². The summed E-state index contributed by atoms with van der Waals surface area (Å²) < 4.78 is 0. The van der Waals surface area contributed by atoms with Crippen LogP contribution in [0.2, 0.25) is 0 Å². The molecule has 94 valence electrons. The zero-order valence-corrected chi connectivity index (χ0v) is 11.8. The molecular formula is C12H24N2OS. The first-order valence-electron chi connectivity index (χ1n) is 6.10. The Morgan fingerprint density at radius 1 is 1.50 bits per heavy atom. The highest BCUT2D eigenvalue weighted by Crippen LogP contribution is 2.22. The smallest absolute Gasteiger partial charge is 0.241 e. The number of hydrogen-bond donors (Lipinski definition) is 1. The Bertz CT molecular complexity index is 247. The van der Waals surface area contributed by atoms with Crippen molar-refractivity contribution in [3.05, 3.63) is 0 Å². The number of carbonyl (C=O) groups excluding carboxylic acids is 1. The van der Waals surface area contributed by atoms with E-state index in [4.69, 9.17) is 0 Å². The largest absolute Gasteiger partial charge is 0.323 e. The number of nitrogens with one attached hydrogen (secondary N) is 1. The summed E-state index contributed by atoms with van der Waals surface area (Å²) >= 11 is 1.79. The third-order valence-electron chi connectivity index (χ3n) is 3.45. The molecule has 1 amide bonds. The van der Waals surface area contributed by atoms with Crippen molar-refractivity contribution in [3.63, 3.8) is 0 Å². The fourth-order valence-electron chi connectivity index (χ4n) is 2.33. The fraction of sp³-hybridized carbons (Fsp3) is 0.917. The first kappa shape index (κ1) is 13.8. The molecule has 0 bridgehead atoms. The van der Waals surface area contributed by atoms with E-state index < -0.39 is 0 Å².